The molecule has 0 bridgehead atoms. The Hall–Kier alpha value is -12.8. The van der Waals surface area contributed by atoms with Crippen molar-refractivity contribution in [3.05, 3.63) is 382 Å². The first-order chi connectivity index (χ1) is 55.8. The smallest absolute Gasteiger partial charge is 0.650 e. The minimum Gasteiger partial charge on any atom is -0.650 e. The van der Waals surface area contributed by atoms with Crippen LogP contribution in [0.2, 0.25) is 0 Å². The number of fused-ring (bicyclic) bond motifs is 6. The molecule has 0 aliphatic carbocycles. The average Bonchev–Trinajstić information content (AvgIpc) is 1.61. The largest absolute Gasteiger partial charge is 0.881 e. The molecule has 0 aliphatic heterocycles. The Labute approximate surface area is 690 Å². The minimum absolute atomic E-state index is 0. The zero-order chi connectivity index (χ0) is 76.8. The number of hydrogen-bond donors (Lipinski definition) is 1. The molecule has 1 N–H and O–H groups in total. The topological polar surface area (TPSA) is 145 Å². The van der Waals surface area contributed by atoms with Crippen LogP contribution in [0.3, 0.4) is 0 Å². The van der Waals surface area contributed by atoms with Gasteiger partial charge in [-0.3, -0.25) is 13.7 Å². The normalized spacial score (nSPS) is 11.5. The molecule has 19 rings (SSSR count). The first-order valence-electron chi connectivity index (χ1n) is 37.8. The standard InChI is InChI=1S/C30H28N4.C27H20N2O.C18H13N3O.C12H10O.C10H9NO.2Al.Zn.H/c1-3-22(33-27-17-9-7-14-24(27)25-15-8-10-18-28(25)33)20-21(2)29-32-26-16-11-19-31-30(26)34(29)23-12-5-4-6-13-23;30-24-19-11-10-18-23(24)27-28-25(20-12-4-1-5-13-20)26(21-14-6-2-7-15-21)29(27)22-16-8-3-9-17-22;22-16-11-5-4-9-14(16)17-20-15-10-6-12-19-18(15)21(17)13-7-2-1-3-8-13;13-12-8-6-11(7-9-12)10-4-2-1-3-5-10;1-7-5-6-8-3-2-4-9(12)10(8)11-7;;;;/h4-19,21-22H,3,20H2,1-2H3;1-19,30H;1-12,22H;1-9,13H;2-6,12H,1H3;;;;/q;;;;;+1;+2;;/p-3. The van der Waals surface area contributed by atoms with Crippen molar-refractivity contribution in [1.29, 1.82) is 0 Å². The second kappa shape index (κ2) is 36.1. The summed E-state index contributed by atoms with van der Waals surface area (Å²) in [4.78, 5) is 28.7. The Bertz CT molecular complexity index is 6360. The minimum atomic E-state index is -0.665. The first kappa shape index (κ1) is 76.6. The van der Waals surface area contributed by atoms with Gasteiger partial charge in [-0.05, 0) is 152 Å². The van der Waals surface area contributed by atoms with Gasteiger partial charge in [0.25, 0.3) is 0 Å². The molecule has 19 aromatic rings. The molecule has 114 heavy (non-hydrogen) atoms. The van der Waals surface area contributed by atoms with Gasteiger partial charge in [0, 0.05) is 105 Å². The van der Waals surface area contributed by atoms with Crippen LogP contribution in [0.25, 0.3) is 129 Å². The van der Waals surface area contributed by atoms with Gasteiger partial charge < -0.3 is 21.0 Å². The van der Waals surface area contributed by atoms with E-state index in [0.29, 0.717) is 17.4 Å². The van der Waals surface area contributed by atoms with E-state index in [2.05, 4.69) is 211 Å². The second-order valence-corrected chi connectivity index (χ2v) is 28.2. The van der Waals surface area contributed by atoms with Gasteiger partial charge in [-0.25, -0.2) is 29.9 Å². The van der Waals surface area contributed by atoms with Crippen LogP contribution in [-0.4, -0.2) is 85.8 Å². The molecule has 0 saturated carbocycles. The van der Waals surface area contributed by atoms with E-state index in [4.69, 9.17) is 26.3 Å². The molecule has 0 fully saturated rings. The first-order valence-corrected chi connectivity index (χ1v) is 39.3. The van der Waals surface area contributed by atoms with Gasteiger partial charge in [0.1, 0.15) is 39.7 Å². The van der Waals surface area contributed by atoms with Crippen molar-refractivity contribution in [3.8, 4) is 96.5 Å². The number of rotatable bonds is 18. The van der Waals surface area contributed by atoms with Crippen LogP contribution in [0.1, 0.15) is 50.2 Å². The Morgan fingerprint density at radius 3 is 1.52 bits per heavy atom. The third-order valence-electron chi connectivity index (χ3n) is 20.0. The van der Waals surface area contributed by atoms with Crippen LogP contribution in [-0.2, 0) is 19.5 Å². The summed E-state index contributed by atoms with van der Waals surface area (Å²) < 4.78 is 26.2. The van der Waals surface area contributed by atoms with Gasteiger partial charge in [0.05, 0.1) is 34.0 Å². The van der Waals surface area contributed by atoms with Crippen LogP contribution in [0, 0.1) is 6.92 Å². The molecule has 548 valence electrons. The number of aryl methyl sites for hydroxylation is 1. The predicted molar refractivity (Wildman–Crippen MR) is 460 cm³/mol. The number of aromatic nitrogens is 10. The maximum atomic E-state index is 10.6. The maximum Gasteiger partial charge on any atom is 0.881 e. The SMILES string of the molecule is CCC(CC(C)c1nc2cccnc2n1-c1ccccc1)n1c2ccccc2c2ccccc21.Cc1ccc2cccc([O][Al][O]c3ccc(-c4ccccc4)cc3)c2n1.Oc1ccccc1-c1nc(-c2ccccc2)c(-c2ccccc2)n1-c1ccccc1.[AlH][O]c1ccccc1-c1nc2cccnc2n1-c1ccccc1.[Zn]. The van der Waals surface area contributed by atoms with E-state index in [1.165, 1.54) is 49.6 Å². The monoisotopic (exact) mass is 1560 g/mol. The molecule has 12 aromatic carbocycles. The zero-order valence-corrected chi connectivity index (χ0v) is 69.0. The average molecular weight is 1570 g/mol. The fraction of sp³-hybridized carbons (Fsp3) is 0.0722. The van der Waals surface area contributed by atoms with Gasteiger partial charge in [-0.2, -0.15) is 0 Å². The molecule has 2 atom stereocenters. The van der Waals surface area contributed by atoms with Gasteiger partial charge in [0.2, 0.25) is 0 Å². The van der Waals surface area contributed by atoms with Gasteiger partial charge in [-0.15, -0.1) is 0 Å². The fourth-order valence-electron chi connectivity index (χ4n) is 14.7. The molecule has 7 aromatic heterocycles. The van der Waals surface area contributed by atoms with Crippen molar-refractivity contribution in [2.75, 3.05) is 0 Å². The molecule has 2 radical (unpaired) electrons. The number of imidazole rings is 3. The Morgan fingerprint density at radius 2 is 0.912 bits per heavy atom. The van der Waals surface area contributed by atoms with Crippen LogP contribution in [0.4, 0.5) is 0 Å². The molecular formula is C97H78Al2N10O4Zn. The maximum absolute atomic E-state index is 10.6. The van der Waals surface area contributed by atoms with Crippen LogP contribution >= 0.6 is 0 Å². The van der Waals surface area contributed by atoms with Gasteiger partial charge in [0.15, 0.2) is 17.1 Å². The van der Waals surface area contributed by atoms with E-state index >= 15 is 0 Å². The number of hydrogen-bond acceptors (Lipinski definition) is 10. The Balaban J connectivity index is 0.000000121. The third-order valence-corrected chi connectivity index (χ3v) is 21.0. The quantitative estimate of drug-likeness (QED) is 0.0824. The zero-order valence-electron chi connectivity index (χ0n) is 63.4. The van der Waals surface area contributed by atoms with Crippen molar-refractivity contribution in [2.24, 2.45) is 0 Å². The van der Waals surface area contributed by atoms with E-state index in [1.807, 2.05) is 201 Å². The molecule has 17 heteroatoms. The number of aromatic hydroxyl groups is 1. The summed E-state index contributed by atoms with van der Waals surface area (Å²) in [6.45, 7) is 6.58. The van der Waals surface area contributed by atoms with E-state index < -0.39 is 15.9 Å². The summed E-state index contributed by atoms with van der Waals surface area (Å²) in [5.41, 5.74) is 19.1. The van der Waals surface area contributed by atoms with Crippen molar-refractivity contribution < 1.29 is 36.0 Å². The van der Waals surface area contributed by atoms with E-state index in [1.54, 1.807) is 12.3 Å². The molecule has 2 unspecified atom stereocenters. The fourth-order valence-corrected chi connectivity index (χ4v) is 15.5. The van der Waals surface area contributed by atoms with E-state index in [-0.39, 0.29) is 31.1 Å². The number of benzene rings is 12. The summed E-state index contributed by atoms with van der Waals surface area (Å²) in [7, 11) is 0. The third kappa shape index (κ3) is 16.6. The molecule has 0 aliphatic rings. The Morgan fingerprint density at radius 1 is 0.421 bits per heavy atom. The number of nitrogens with zero attached hydrogens (tertiary/aromatic N) is 10. The van der Waals surface area contributed by atoms with Crippen LogP contribution in [0.15, 0.2) is 370 Å². The van der Waals surface area contributed by atoms with Gasteiger partial charge >= 0.3 is 32.5 Å². The number of phenolic OH excluding ortho intramolecular Hbond substituents is 1. The van der Waals surface area contributed by atoms with Crippen molar-refractivity contribution in [3.63, 3.8) is 0 Å². The molecule has 0 amide bonds. The summed E-state index contributed by atoms with van der Waals surface area (Å²) in [5.74, 6) is 5.44. The molecule has 0 saturated heterocycles. The van der Waals surface area contributed by atoms with Crippen LogP contribution < -0.4 is 11.4 Å². The van der Waals surface area contributed by atoms with E-state index in [9.17, 15) is 5.11 Å². The van der Waals surface area contributed by atoms with Gasteiger partial charge in [-0.1, -0.05) is 250 Å². The molecular weight excluding hydrogens is 1490 g/mol. The van der Waals surface area contributed by atoms with Crippen LogP contribution in [0.5, 0.6) is 23.0 Å². The van der Waals surface area contributed by atoms with E-state index in [0.717, 1.165) is 126 Å². The summed E-state index contributed by atoms with van der Waals surface area (Å²) >= 11 is 0.800. The van der Waals surface area contributed by atoms with Crippen molar-refractivity contribution >= 4 is 87.5 Å². The Kier molecular flexibility index (Phi) is 24.3. The summed E-state index contributed by atoms with van der Waals surface area (Å²) in [6, 6.07) is 121. The number of pyridine rings is 3. The number of para-hydroxylation sites is 8. The number of phenols is 1. The molecule has 0 spiro atoms. The molecule has 14 nitrogen and oxygen atoms in total. The molecule has 7 heterocycles. The summed E-state index contributed by atoms with van der Waals surface area (Å²) in [5, 5.41) is 14.3. The second-order valence-electron chi connectivity index (χ2n) is 27.2. The van der Waals surface area contributed by atoms with Crippen molar-refractivity contribution in [2.45, 2.75) is 45.6 Å². The summed E-state index contributed by atoms with van der Waals surface area (Å²) in [6.07, 6.45) is 5.69. The predicted octanol–water partition coefficient (Wildman–Crippen LogP) is 22.7. The van der Waals surface area contributed by atoms with Crippen molar-refractivity contribution in [1.82, 2.24) is 48.2 Å².